The lowest BCUT2D eigenvalue weighted by molar-refractivity contribution is 1.28. The summed E-state index contributed by atoms with van der Waals surface area (Å²) in [5.74, 6) is 0. The first-order chi connectivity index (χ1) is 33.4. The van der Waals surface area contributed by atoms with Crippen LogP contribution in [0.1, 0.15) is 16.7 Å². The molecule has 13 rings (SSSR count). The molecule has 0 amide bonds. The average molecular weight is 925 g/mol. The van der Waals surface area contributed by atoms with E-state index in [4.69, 9.17) is 0 Å². The molecule has 0 saturated carbocycles. The first-order valence-electron chi connectivity index (χ1n) is 23.1. The highest BCUT2D eigenvalue weighted by Gasteiger charge is 2.24. The highest BCUT2D eigenvalue weighted by Crippen LogP contribution is 2.52. The largest absolute Gasteiger partial charge is 0.310 e. The third-order valence-electron chi connectivity index (χ3n) is 13.5. The van der Waals surface area contributed by atoms with Gasteiger partial charge in [-0.25, -0.2) is 0 Å². The van der Waals surface area contributed by atoms with Crippen LogP contribution >= 0.6 is 34.0 Å². The number of thiophene rings is 3. The number of anilines is 6. The van der Waals surface area contributed by atoms with E-state index in [-0.39, 0.29) is 0 Å². The molecule has 68 heavy (non-hydrogen) atoms. The monoisotopic (exact) mass is 924 g/mol. The van der Waals surface area contributed by atoms with Crippen molar-refractivity contribution in [1.82, 2.24) is 0 Å². The molecule has 10 aromatic carbocycles. The Balaban J connectivity index is 1.10. The van der Waals surface area contributed by atoms with E-state index >= 15 is 0 Å². The molecule has 0 aliphatic heterocycles. The zero-order valence-electron chi connectivity index (χ0n) is 37.8. The maximum absolute atomic E-state index is 2.48. The standard InChI is InChI=1S/C63H44N2S3/c1-39-29-31-44(32-30-39)64(42-18-6-4-7-19-42)46-34-52(62-54(36-46)50-24-12-14-26-56(50)67-62)48-22-10-11-23-49(48)53-35-47(37-55-60-40(2)17-16-28-58(60)68-63(53)55)65(43-20-8-5-9-21-43)45-33-41(3)61-51-25-13-15-27-57(51)66-59(61)38-45/h4-38H,1-3H3. The molecule has 0 aliphatic rings. The minimum absolute atomic E-state index is 1.12. The maximum atomic E-state index is 2.48. The van der Waals surface area contributed by atoms with E-state index in [0.717, 1.165) is 34.1 Å². The Kier molecular flexibility index (Phi) is 9.79. The van der Waals surface area contributed by atoms with Gasteiger partial charge in [0.15, 0.2) is 0 Å². The van der Waals surface area contributed by atoms with Crippen LogP contribution in [-0.4, -0.2) is 0 Å². The van der Waals surface area contributed by atoms with E-state index in [9.17, 15) is 0 Å². The van der Waals surface area contributed by atoms with Gasteiger partial charge in [0, 0.05) is 106 Å². The van der Waals surface area contributed by atoms with Crippen molar-refractivity contribution in [3.8, 4) is 22.3 Å². The van der Waals surface area contributed by atoms with E-state index in [1.54, 1.807) is 0 Å². The van der Waals surface area contributed by atoms with Crippen LogP contribution in [0, 0.1) is 20.8 Å². The van der Waals surface area contributed by atoms with Gasteiger partial charge in [0.1, 0.15) is 0 Å². The lowest BCUT2D eigenvalue weighted by Crippen LogP contribution is -2.10. The van der Waals surface area contributed by atoms with Gasteiger partial charge < -0.3 is 9.80 Å². The van der Waals surface area contributed by atoms with Crippen molar-refractivity contribution in [1.29, 1.82) is 0 Å². The quantitative estimate of drug-likeness (QED) is 0.150. The molecule has 0 radical (unpaired) electrons. The van der Waals surface area contributed by atoms with Crippen molar-refractivity contribution in [3.05, 3.63) is 229 Å². The van der Waals surface area contributed by atoms with E-state index in [0.29, 0.717) is 0 Å². The van der Waals surface area contributed by atoms with Gasteiger partial charge in [-0.3, -0.25) is 0 Å². The van der Waals surface area contributed by atoms with Gasteiger partial charge >= 0.3 is 0 Å². The summed E-state index contributed by atoms with van der Waals surface area (Å²) in [6.07, 6.45) is 0. The van der Waals surface area contributed by atoms with Crippen LogP contribution < -0.4 is 9.80 Å². The summed E-state index contributed by atoms with van der Waals surface area (Å²) in [6, 6.07) is 78.8. The minimum atomic E-state index is 1.12. The van der Waals surface area contributed by atoms with Gasteiger partial charge in [-0.1, -0.05) is 127 Å². The van der Waals surface area contributed by atoms with Gasteiger partial charge in [-0.2, -0.15) is 0 Å². The van der Waals surface area contributed by atoms with Gasteiger partial charge in [0.05, 0.1) is 0 Å². The highest BCUT2D eigenvalue weighted by molar-refractivity contribution is 7.27. The number of nitrogens with zero attached hydrogens (tertiary/aromatic N) is 2. The van der Waals surface area contributed by atoms with Crippen LogP contribution in [0.15, 0.2) is 212 Å². The van der Waals surface area contributed by atoms with Crippen LogP contribution in [0.2, 0.25) is 0 Å². The molecule has 0 bridgehead atoms. The van der Waals surface area contributed by atoms with E-state index in [2.05, 4.69) is 243 Å². The minimum Gasteiger partial charge on any atom is -0.310 e. The normalized spacial score (nSPS) is 11.8. The third kappa shape index (κ3) is 6.72. The first kappa shape index (κ1) is 40.7. The van der Waals surface area contributed by atoms with Crippen LogP contribution in [0.4, 0.5) is 34.1 Å². The molecule has 0 fully saturated rings. The summed E-state index contributed by atoms with van der Waals surface area (Å²) >= 11 is 5.68. The number of para-hydroxylation sites is 2. The lowest BCUT2D eigenvalue weighted by Gasteiger charge is -2.27. The summed E-state index contributed by atoms with van der Waals surface area (Å²) in [6.45, 7) is 6.69. The molecular weight excluding hydrogens is 881 g/mol. The predicted molar refractivity (Wildman–Crippen MR) is 300 cm³/mol. The molecule has 3 heterocycles. The van der Waals surface area contributed by atoms with Crippen molar-refractivity contribution in [2.24, 2.45) is 0 Å². The lowest BCUT2D eigenvalue weighted by atomic mass is 9.91. The Bertz CT molecular complexity index is 4070. The second-order valence-corrected chi connectivity index (χ2v) is 21.0. The third-order valence-corrected chi connectivity index (χ3v) is 17.1. The molecule has 0 N–H and O–H groups in total. The second kappa shape index (κ2) is 16.4. The summed E-state index contributed by atoms with van der Waals surface area (Å²) in [5, 5.41) is 7.81. The first-order valence-corrected chi connectivity index (χ1v) is 25.6. The van der Waals surface area contributed by atoms with Gasteiger partial charge in [0.2, 0.25) is 0 Å². The maximum Gasteiger partial charge on any atom is 0.0478 e. The Morgan fingerprint density at radius 1 is 0.279 bits per heavy atom. The zero-order valence-corrected chi connectivity index (χ0v) is 40.3. The smallest absolute Gasteiger partial charge is 0.0478 e. The van der Waals surface area contributed by atoms with Crippen LogP contribution in [0.3, 0.4) is 0 Å². The predicted octanol–water partition coefficient (Wildman–Crippen LogP) is 20.0. The number of rotatable bonds is 8. The molecule has 3 aromatic heterocycles. The number of hydrogen-bond donors (Lipinski definition) is 0. The van der Waals surface area contributed by atoms with Crippen molar-refractivity contribution in [2.75, 3.05) is 9.80 Å². The zero-order chi connectivity index (χ0) is 45.5. The molecule has 0 atom stereocenters. The van der Waals surface area contributed by atoms with E-state index < -0.39 is 0 Å². The summed E-state index contributed by atoms with van der Waals surface area (Å²) in [7, 11) is 0. The summed E-state index contributed by atoms with van der Waals surface area (Å²) in [5.41, 5.74) is 15.5. The average Bonchev–Trinajstić information content (AvgIpc) is 4.07. The van der Waals surface area contributed by atoms with Crippen LogP contribution in [0.5, 0.6) is 0 Å². The Morgan fingerprint density at radius 3 is 1.44 bits per heavy atom. The molecule has 0 aliphatic carbocycles. The van der Waals surface area contributed by atoms with Gasteiger partial charge in [0.25, 0.3) is 0 Å². The number of benzene rings is 10. The van der Waals surface area contributed by atoms with Crippen LogP contribution in [0.25, 0.3) is 82.8 Å². The Hall–Kier alpha value is -7.54. The fourth-order valence-corrected chi connectivity index (χ4v) is 14.1. The fourth-order valence-electron chi connectivity index (χ4n) is 10.4. The van der Waals surface area contributed by atoms with Gasteiger partial charge in [-0.15, -0.1) is 34.0 Å². The fraction of sp³-hybridized carbons (Fsp3) is 0.0476. The summed E-state index contributed by atoms with van der Waals surface area (Å²) < 4.78 is 7.79. The van der Waals surface area contributed by atoms with Crippen molar-refractivity contribution < 1.29 is 0 Å². The van der Waals surface area contributed by atoms with Crippen molar-refractivity contribution >= 4 is 129 Å². The molecule has 324 valence electrons. The second-order valence-electron chi connectivity index (χ2n) is 17.8. The Morgan fingerprint density at radius 2 is 0.765 bits per heavy atom. The number of fused-ring (bicyclic) bond motifs is 9. The van der Waals surface area contributed by atoms with Crippen molar-refractivity contribution in [2.45, 2.75) is 20.8 Å². The topological polar surface area (TPSA) is 6.48 Å². The molecule has 13 aromatic rings. The highest BCUT2D eigenvalue weighted by atomic mass is 32.1. The SMILES string of the molecule is Cc1ccc(N(c2ccccc2)c2cc(-c3ccccc3-c3cc(N(c4ccccc4)c4cc(C)c5c(c4)sc4ccccc45)cc4c3sc3cccc(C)c34)c3sc4ccccc4c3c2)cc1. The molecule has 5 heteroatoms. The molecule has 0 spiro atoms. The number of hydrogen-bond acceptors (Lipinski definition) is 5. The summed E-state index contributed by atoms with van der Waals surface area (Å²) in [4.78, 5) is 4.90. The van der Waals surface area contributed by atoms with E-state index in [1.165, 1.54) is 99.5 Å². The molecule has 0 unspecified atom stereocenters. The van der Waals surface area contributed by atoms with E-state index in [1.807, 2.05) is 34.0 Å². The molecule has 2 nitrogen and oxygen atoms in total. The number of aryl methyl sites for hydroxylation is 3. The Labute approximate surface area is 407 Å². The van der Waals surface area contributed by atoms with Gasteiger partial charge in [-0.05, 0) is 134 Å². The van der Waals surface area contributed by atoms with Crippen LogP contribution in [-0.2, 0) is 0 Å². The van der Waals surface area contributed by atoms with Crippen molar-refractivity contribution in [3.63, 3.8) is 0 Å². The molecular formula is C63H44N2S3. The molecule has 0 saturated heterocycles.